The van der Waals surface area contributed by atoms with E-state index in [1.807, 2.05) is 0 Å². The molecule has 1 fully saturated rings. The molecule has 0 aromatic rings. The minimum absolute atomic E-state index is 0.00512. The van der Waals surface area contributed by atoms with Crippen molar-refractivity contribution in [2.24, 2.45) is 0 Å². The summed E-state index contributed by atoms with van der Waals surface area (Å²) in [6.07, 6.45) is 1.93. The van der Waals surface area contributed by atoms with E-state index in [0.717, 1.165) is 12.8 Å². The van der Waals surface area contributed by atoms with Crippen LogP contribution in [0.1, 0.15) is 19.3 Å². The molecule has 2 atom stereocenters. The molecule has 1 aliphatic rings. The highest BCUT2D eigenvalue weighted by Crippen LogP contribution is 2.12. The summed E-state index contributed by atoms with van der Waals surface area (Å²) in [7, 11) is 1.59. The number of ether oxygens (including phenoxy) is 1. The fraction of sp³-hybridized carbons (Fsp3) is 0.818. The van der Waals surface area contributed by atoms with Gasteiger partial charge in [0.15, 0.2) is 0 Å². The average Bonchev–Trinajstić information content (AvgIpc) is 2.80. The molecule has 0 aromatic carbocycles. The average molecular weight is 260 g/mol. The maximum atomic E-state index is 11.7. The number of carbonyl (C=O) groups excluding carboxylic acids is 1. The van der Waals surface area contributed by atoms with E-state index < -0.39 is 18.0 Å². The normalized spacial score (nSPS) is 20.4. The van der Waals surface area contributed by atoms with Crippen LogP contribution in [0, 0.1) is 0 Å². The molecule has 7 nitrogen and oxygen atoms in total. The van der Waals surface area contributed by atoms with Crippen molar-refractivity contribution < 1.29 is 24.5 Å². The van der Waals surface area contributed by atoms with Crippen LogP contribution < -0.4 is 5.32 Å². The number of nitrogens with zero attached hydrogens (tertiary/aromatic N) is 1. The van der Waals surface area contributed by atoms with Crippen LogP contribution in [0.25, 0.3) is 0 Å². The lowest BCUT2D eigenvalue weighted by Crippen LogP contribution is -2.48. The first-order valence-electron chi connectivity index (χ1n) is 6.01. The summed E-state index contributed by atoms with van der Waals surface area (Å²) in [6.45, 7) is 0.867. The van der Waals surface area contributed by atoms with Crippen LogP contribution in [-0.2, 0) is 9.53 Å². The highest BCUT2D eigenvalue weighted by Gasteiger charge is 2.24. The third-order valence-electron chi connectivity index (χ3n) is 2.86. The molecule has 0 saturated carbocycles. The Bertz CT molecular complexity index is 291. The number of carbonyl (C=O) groups is 2. The number of nitrogens with one attached hydrogen (secondary N) is 1. The van der Waals surface area contributed by atoms with Crippen molar-refractivity contribution in [1.82, 2.24) is 10.2 Å². The van der Waals surface area contributed by atoms with Gasteiger partial charge < -0.3 is 25.2 Å². The predicted molar refractivity (Wildman–Crippen MR) is 63.3 cm³/mol. The molecular formula is C11H20N2O5. The first-order chi connectivity index (χ1) is 8.54. The van der Waals surface area contributed by atoms with Crippen LogP contribution in [0.3, 0.4) is 0 Å². The summed E-state index contributed by atoms with van der Waals surface area (Å²) >= 11 is 0. The van der Waals surface area contributed by atoms with Gasteiger partial charge in [0.2, 0.25) is 0 Å². The molecule has 1 saturated heterocycles. The number of likely N-dealkylation sites (N-methyl/N-ethyl adjacent to an activating group) is 1. The topological polar surface area (TPSA) is 99.1 Å². The van der Waals surface area contributed by atoms with E-state index in [0.29, 0.717) is 13.2 Å². The minimum Gasteiger partial charge on any atom is -0.480 e. The zero-order valence-electron chi connectivity index (χ0n) is 10.5. The van der Waals surface area contributed by atoms with Gasteiger partial charge in [0.1, 0.15) is 6.04 Å². The molecule has 104 valence electrons. The smallest absolute Gasteiger partial charge is 0.326 e. The Kier molecular flexibility index (Phi) is 5.87. The quantitative estimate of drug-likeness (QED) is 0.606. The third kappa shape index (κ3) is 4.50. The zero-order chi connectivity index (χ0) is 13.5. The summed E-state index contributed by atoms with van der Waals surface area (Å²) in [5, 5.41) is 19.9. The largest absolute Gasteiger partial charge is 0.480 e. The Morgan fingerprint density at radius 2 is 2.28 bits per heavy atom. The van der Waals surface area contributed by atoms with E-state index in [2.05, 4.69) is 5.32 Å². The molecule has 1 aliphatic heterocycles. The van der Waals surface area contributed by atoms with Gasteiger partial charge in [0, 0.05) is 33.2 Å². The highest BCUT2D eigenvalue weighted by atomic mass is 16.5. The van der Waals surface area contributed by atoms with Gasteiger partial charge in [-0.1, -0.05) is 0 Å². The number of carboxylic acids is 1. The van der Waals surface area contributed by atoms with Crippen molar-refractivity contribution in [2.45, 2.75) is 31.4 Å². The van der Waals surface area contributed by atoms with Gasteiger partial charge >= 0.3 is 12.0 Å². The van der Waals surface area contributed by atoms with Gasteiger partial charge in [-0.15, -0.1) is 0 Å². The minimum atomic E-state index is -1.15. The number of hydrogen-bond acceptors (Lipinski definition) is 4. The maximum Gasteiger partial charge on any atom is 0.326 e. The fourth-order valence-electron chi connectivity index (χ4n) is 1.82. The second kappa shape index (κ2) is 7.17. The van der Waals surface area contributed by atoms with Crippen molar-refractivity contribution in [3.05, 3.63) is 0 Å². The first-order valence-corrected chi connectivity index (χ1v) is 6.01. The fourth-order valence-corrected chi connectivity index (χ4v) is 1.82. The van der Waals surface area contributed by atoms with Crippen molar-refractivity contribution in [3.63, 3.8) is 0 Å². The van der Waals surface area contributed by atoms with E-state index >= 15 is 0 Å². The van der Waals surface area contributed by atoms with Crippen molar-refractivity contribution >= 4 is 12.0 Å². The molecule has 3 N–H and O–H groups in total. The van der Waals surface area contributed by atoms with E-state index in [4.69, 9.17) is 14.9 Å². The second-order valence-electron chi connectivity index (χ2n) is 4.37. The van der Waals surface area contributed by atoms with Crippen LogP contribution >= 0.6 is 0 Å². The molecule has 1 rings (SSSR count). The van der Waals surface area contributed by atoms with Gasteiger partial charge in [-0.25, -0.2) is 9.59 Å². The van der Waals surface area contributed by atoms with Gasteiger partial charge in [0.05, 0.1) is 6.10 Å². The first kappa shape index (κ1) is 14.7. The summed E-state index contributed by atoms with van der Waals surface area (Å²) < 4.78 is 5.40. The number of aliphatic hydroxyl groups is 1. The Balaban J connectivity index is 2.39. The number of aliphatic hydroxyl groups excluding tert-OH is 1. The van der Waals surface area contributed by atoms with E-state index in [1.165, 1.54) is 4.90 Å². The van der Waals surface area contributed by atoms with Gasteiger partial charge in [-0.2, -0.15) is 0 Å². The second-order valence-corrected chi connectivity index (χ2v) is 4.37. The molecule has 2 unspecified atom stereocenters. The predicted octanol–water partition coefficient (Wildman–Crippen LogP) is -0.358. The molecule has 0 aliphatic carbocycles. The number of urea groups is 1. The summed E-state index contributed by atoms with van der Waals surface area (Å²) in [5.41, 5.74) is 0. The van der Waals surface area contributed by atoms with Gasteiger partial charge in [0.25, 0.3) is 0 Å². The lowest BCUT2D eigenvalue weighted by molar-refractivity contribution is -0.139. The maximum absolute atomic E-state index is 11.7. The SMILES string of the molecule is CN(CC1CCCO1)C(=O)NC(CCO)C(=O)O. The summed E-state index contributed by atoms with van der Waals surface area (Å²) in [6, 6.07) is -1.53. The summed E-state index contributed by atoms with van der Waals surface area (Å²) in [5.74, 6) is -1.15. The van der Waals surface area contributed by atoms with Crippen LogP contribution in [-0.4, -0.2) is 66.1 Å². The number of rotatable bonds is 6. The van der Waals surface area contributed by atoms with Gasteiger partial charge in [-0.3, -0.25) is 0 Å². The molecule has 0 bridgehead atoms. The number of hydrogen-bond donors (Lipinski definition) is 3. The Morgan fingerprint density at radius 1 is 1.56 bits per heavy atom. The van der Waals surface area contributed by atoms with Crippen LogP contribution in [0.5, 0.6) is 0 Å². The Morgan fingerprint density at radius 3 is 2.78 bits per heavy atom. The van der Waals surface area contributed by atoms with Crippen molar-refractivity contribution in [1.29, 1.82) is 0 Å². The Hall–Kier alpha value is -1.34. The molecule has 18 heavy (non-hydrogen) atoms. The molecule has 2 amide bonds. The monoisotopic (exact) mass is 260 g/mol. The highest BCUT2D eigenvalue weighted by molar-refractivity contribution is 5.82. The summed E-state index contributed by atoms with van der Waals surface area (Å²) in [4.78, 5) is 24.0. The third-order valence-corrected chi connectivity index (χ3v) is 2.86. The van der Waals surface area contributed by atoms with Crippen LogP contribution in [0.4, 0.5) is 4.79 Å². The number of aliphatic carboxylic acids is 1. The molecule has 0 radical (unpaired) electrons. The lowest BCUT2D eigenvalue weighted by atomic mass is 10.2. The van der Waals surface area contributed by atoms with Crippen molar-refractivity contribution in [2.75, 3.05) is 26.8 Å². The standard InChI is InChI=1S/C11H20N2O5/c1-13(7-8-3-2-6-18-8)11(17)12-9(4-5-14)10(15)16/h8-9,14H,2-7H2,1H3,(H,12,17)(H,15,16). The molecular weight excluding hydrogens is 240 g/mol. The van der Waals surface area contributed by atoms with Crippen LogP contribution in [0.15, 0.2) is 0 Å². The van der Waals surface area contributed by atoms with Gasteiger partial charge in [-0.05, 0) is 12.8 Å². The molecule has 0 spiro atoms. The van der Waals surface area contributed by atoms with Crippen molar-refractivity contribution in [3.8, 4) is 0 Å². The molecule has 7 heteroatoms. The molecule has 0 aromatic heterocycles. The number of amides is 2. The van der Waals surface area contributed by atoms with E-state index in [-0.39, 0.29) is 19.1 Å². The van der Waals surface area contributed by atoms with E-state index in [9.17, 15) is 9.59 Å². The number of carboxylic acid groups (broad SMARTS) is 1. The van der Waals surface area contributed by atoms with E-state index in [1.54, 1.807) is 7.05 Å². The van der Waals surface area contributed by atoms with Crippen LogP contribution in [0.2, 0.25) is 0 Å². The molecule has 1 heterocycles. The Labute approximate surface area is 106 Å². The zero-order valence-corrected chi connectivity index (χ0v) is 10.5. The lowest BCUT2D eigenvalue weighted by Gasteiger charge is -2.23.